The van der Waals surface area contributed by atoms with Crippen molar-refractivity contribution in [1.29, 1.82) is 10.5 Å². The van der Waals surface area contributed by atoms with Crippen LogP contribution in [0.4, 0.5) is 30.7 Å². The van der Waals surface area contributed by atoms with Crippen molar-refractivity contribution in [2.24, 2.45) is 9.98 Å². The fourth-order valence-corrected chi connectivity index (χ4v) is 7.22. The SMILES string of the molecule is N#C/N=c1\c2cc(-c3cccc(C(F)(F)F)c3)ccc2c2c(F)c3/c(=N/C#N)c4cc(-c5cccc(C(F)(F)F)c5)ccc4c3c(-c3ccccc3)c12. The summed E-state index contributed by atoms with van der Waals surface area (Å²) in [6.45, 7) is 0. The number of nitriles is 2. The molecule has 0 fully saturated rings. The number of halogens is 7. The first-order valence-corrected chi connectivity index (χ1v) is 15.9. The van der Waals surface area contributed by atoms with E-state index in [1.807, 2.05) is 0 Å². The standard InChI is InChI=1S/C42H19F7N4/c43-38-35-30-15-13-26(24-9-5-11-28(17-24)42(47,48)49)19-32(30)39(52-20-50)36(35)33(22-6-2-1-3-7-22)34-29-14-12-25(18-31(29)40(37(34)38)53-21-51)23-8-4-10-27(16-23)41(44,45)46/h1-19H/b52-39+,53-40+. The molecule has 8 aromatic carbocycles. The molecule has 0 radical (unpaired) electrons. The minimum absolute atomic E-state index is 0.0218. The second-order valence-corrected chi connectivity index (χ2v) is 12.4. The van der Waals surface area contributed by atoms with E-state index in [1.54, 1.807) is 79.1 Å². The Balaban J connectivity index is 1.53. The van der Waals surface area contributed by atoms with Crippen LogP contribution in [-0.4, -0.2) is 0 Å². The molecular weight excluding hydrogens is 693 g/mol. The first kappa shape index (κ1) is 33.3. The lowest BCUT2D eigenvalue weighted by atomic mass is 9.93. The van der Waals surface area contributed by atoms with Gasteiger partial charge >= 0.3 is 12.4 Å². The molecule has 4 nitrogen and oxygen atoms in total. The van der Waals surface area contributed by atoms with Crippen molar-refractivity contribution >= 4 is 43.1 Å². The second-order valence-electron chi connectivity index (χ2n) is 12.4. The van der Waals surface area contributed by atoms with Crippen LogP contribution in [-0.2, 0) is 12.4 Å². The third-order valence-electron chi connectivity index (χ3n) is 9.43. The van der Waals surface area contributed by atoms with Crippen molar-refractivity contribution in [2.75, 3.05) is 0 Å². The molecule has 0 amide bonds. The largest absolute Gasteiger partial charge is 0.416 e. The lowest BCUT2D eigenvalue weighted by Crippen LogP contribution is -2.04. The molecule has 256 valence electrons. The highest BCUT2D eigenvalue weighted by atomic mass is 19.4. The minimum atomic E-state index is -4.59. The van der Waals surface area contributed by atoms with Crippen LogP contribution in [0.2, 0.25) is 0 Å². The van der Waals surface area contributed by atoms with Crippen LogP contribution < -0.4 is 10.7 Å². The molecule has 8 aromatic rings. The molecule has 0 spiro atoms. The topological polar surface area (TPSA) is 72.3 Å². The zero-order chi connectivity index (χ0) is 37.2. The van der Waals surface area contributed by atoms with Crippen LogP contribution in [0.5, 0.6) is 0 Å². The van der Waals surface area contributed by atoms with E-state index >= 15 is 4.39 Å². The van der Waals surface area contributed by atoms with Crippen molar-refractivity contribution in [2.45, 2.75) is 12.4 Å². The van der Waals surface area contributed by atoms with Gasteiger partial charge in [-0.05, 0) is 75.0 Å². The van der Waals surface area contributed by atoms with Gasteiger partial charge in [0.15, 0.2) is 0 Å². The van der Waals surface area contributed by atoms with Crippen LogP contribution in [0, 0.1) is 28.7 Å². The van der Waals surface area contributed by atoms with Crippen molar-refractivity contribution in [3.8, 4) is 45.8 Å². The van der Waals surface area contributed by atoms with Gasteiger partial charge in [-0.2, -0.15) is 46.9 Å². The molecule has 0 atom stereocenters. The number of alkyl halides is 6. The zero-order valence-corrected chi connectivity index (χ0v) is 26.9. The van der Waals surface area contributed by atoms with Crippen molar-refractivity contribution in [3.63, 3.8) is 0 Å². The predicted molar refractivity (Wildman–Crippen MR) is 187 cm³/mol. The monoisotopic (exact) mass is 712 g/mol. The molecule has 8 rings (SSSR count). The van der Waals surface area contributed by atoms with Gasteiger partial charge in [-0.25, -0.2) is 4.39 Å². The van der Waals surface area contributed by atoms with E-state index in [2.05, 4.69) is 9.98 Å². The number of hydrogen-bond acceptors (Lipinski definition) is 4. The number of benzene rings is 6. The summed E-state index contributed by atoms with van der Waals surface area (Å²) < 4.78 is 99.0. The van der Waals surface area contributed by atoms with Gasteiger partial charge in [-0.15, -0.1) is 0 Å². The summed E-state index contributed by atoms with van der Waals surface area (Å²) in [7, 11) is 0. The smallest absolute Gasteiger partial charge is 0.206 e. The molecule has 0 aliphatic heterocycles. The third kappa shape index (κ3) is 5.37. The van der Waals surface area contributed by atoms with Gasteiger partial charge in [0.05, 0.1) is 21.8 Å². The highest BCUT2D eigenvalue weighted by Gasteiger charge is 2.32. The van der Waals surface area contributed by atoms with Gasteiger partial charge in [0.2, 0.25) is 12.4 Å². The number of fused-ring (bicyclic) bond motifs is 6. The van der Waals surface area contributed by atoms with Crippen LogP contribution in [0.3, 0.4) is 0 Å². The van der Waals surface area contributed by atoms with E-state index in [0.29, 0.717) is 49.2 Å². The summed E-state index contributed by atoms with van der Waals surface area (Å²) in [4.78, 5) is 8.18. The van der Waals surface area contributed by atoms with E-state index in [0.717, 1.165) is 24.3 Å². The summed E-state index contributed by atoms with van der Waals surface area (Å²) in [5.41, 5.74) is 0.603. The highest BCUT2D eigenvalue weighted by Crippen LogP contribution is 2.45. The Kier molecular flexibility index (Phi) is 7.63. The Hall–Kier alpha value is -6.85. The minimum Gasteiger partial charge on any atom is -0.206 e. The molecule has 11 heteroatoms. The molecule has 0 heterocycles. The van der Waals surface area contributed by atoms with Gasteiger partial charge in [-0.3, -0.25) is 0 Å². The van der Waals surface area contributed by atoms with Crippen LogP contribution >= 0.6 is 0 Å². The van der Waals surface area contributed by atoms with Crippen LogP contribution in [0.1, 0.15) is 11.1 Å². The quantitative estimate of drug-likeness (QED) is 0.135. The van der Waals surface area contributed by atoms with Crippen LogP contribution in [0.25, 0.3) is 76.5 Å². The first-order chi connectivity index (χ1) is 25.4. The Morgan fingerprint density at radius 3 is 1.38 bits per heavy atom. The maximum Gasteiger partial charge on any atom is 0.416 e. The Labute approximate surface area is 295 Å². The lowest BCUT2D eigenvalue weighted by Gasteiger charge is -2.11. The summed E-state index contributed by atoms with van der Waals surface area (Å²) in [6, 6.07) is 27.9. The summed E-state index contributed by atoms with van der Waals surface area (Å²) in [6.07, 6.45) is -5.62. The van der Waals surface area contributed by atoms with E-state index in [1.165, 1.54) is 24.3 Å². The van der Waals surface area contributed by atoms with Crippen molar-refractivity contribution < 1.29 is 30.7 Å². The Morgan fingerprint density at radius 1 is 0.434 bits per heavy atom. The Bertz CT molecular complexity index is 2950. The molecule has 0 aliphatic carbocycles. The van der Waals surface area contributed by atoms with E-state index < -0.39 is 29.3 Å². The third-order valence-corrected chi connectivity index (χ3v) is 9.43. The van der Waals surface area contributed by atoms with E-state index in [9.17, 15) is 36.9 Å². The van der Waals surface area contributed by atoms with E-state index in [4.69, 9.17) is 0 Å². The normalized spacial score (nSPS) is 13.0. The zero-order valence-electron chi connectivity index (χ0n) is 26.9. The maximum atomic E-state index is 17.4. The van der Waals surface area contributed by atoms with Gasteiger partial charge in [0.25, 0.3) is 0 Å². The number of rotatable bonds is 3. The first-order valence-electron chi connectivity index (χ1n) is 15.9. The molecule has 0 saturated carbocycles. The fourth-order valence-electron chi connectivity index (χ4n) is 7.22. The summed E-state index contributed by atoms with van der Waals surface area (Å²) >= 11 is 0. The maximum absolute atomic E-state index is 17.4. The number of hydrogen-bond donors (Lipinski definition) is 0. The average molecular weight is 713 g/mol. The molecule has 0 bridgehead atoms. The molecule has 0 N–H and O–H groups in total. The lowest BCUT2D eigenvalue weighted by molar-refractivity contribution is -0.138. The fraction of sp³-hybridized carbons (Fsp3) is 0.0476. The molecule has 0 aliphatic rings. The second kappa shape index (κ2) is 12.1. The van der Waals surface area contributed by atoms with Gasteiger partial charge < -0.3 is 0 Å². The van der Waals surface area contributed by atoms with Gasteiger partial charge in [-0.1, -0.05) is 78.9 Å². The highest BCUT2D eigenvalue weighted by molar-refractivity contribution is 6.29. The van der Waals surface area contributed by atoms with E-state index in [-0.39, 0.29) is 38.0 Å². The molecule has 53 heavy (non-hydrogen) atoms. The molecular formula is C42H19F7N4. The molecule has 0 aromatic heterocycles. The number of nitrogens with zero attached hydrogens (tertiary/aromatic N) is 4. The van der Waals surface area contributed by atoms with Crippen molar-refractivity contribution in [1.82, 2.24) is 0 Å². The molecule has 0 unspecified atom stereocenters. The van der Waals surface area contributed by atoms with Crippen LogP contribution in [0.15, 0.2) is 125 Å². The van der Waals surface area contributed by atoms with Gasteiger partial charge in [0, 0.05) is 37.9 Å². The summed E-state index contributed by atoms with van der Waals surface area (Å²) in [5.74, 6) is -0.781. The van der Waals surface area contributed by atoms with Gasteiger partial charge in [0.1, 0.15) is 5.82 Å². The Morgan fingerprint density at radius 2 is 0.887 bits per heavy atom. The summed E-state index contributed by atoms with van der Waals surface area (Å²) in [5, 5.41) is 21.8. The predicted octanol–water partition coefficient (Wildman–Crippen LogP) is 11.1. The van der Waals surface area contributed by atoms with Crippen molar-refractivity contribution in [3.05, 3.63) is 143 Å². The molecule has 0 saturated heterocycles. The average Bonchev–Trinajstić information content (AvgIpc) is 3.64.